The van der Waals surface area contributed by atoms with E-state index in [1.54, 1.807) is 24.3 Å². The van der Waals surface area contributed by atoms with Crippen LogP contribution in [0.3, 0.4) is 0 Å². The molecule has 0 bridgehead atoms. The average molecular weight is 474 g/mol. The van der Waals surface area contributed by atoms with Crippen LogP contribution in [0.2, 0.25) is 0 Å². The predicted octanol–water partition coefficient (Wildman–Crippen LogP) is 1.92. The van der Waals surface area contributed by atoms with Gasteiger partial charge in [-0.3, -0.25) is 14.4 Å². The lowest BCUT2D eigenvalue weighted by Crippen LogP contribution is -2.56. The molecule has 1 aromatic rings. The van der Waals surface area contributed by atoms with E-state index in [9.17, 15) is 29.1 Å². The molecule has 2 saturated heterocycles. The summed E-state index contributed by atoms with van der Waals surface area (Å²) in [5.41, 5.74) is 0.740. The maximum absolute atomic E-state index is 13.2. The Hall–Kier alpha value is -3.43. The number of carboxylic acid groups (broad SMARTS) is 1. The van der Waals surface area contributed by atoms with Crippen molar-refractivity contribution in [2.75, 3.05) is 6.54 Å². The standard InChI is InChI=1S/C24H31N3O7/c1-15(2)13-17(22(30)26-12-6-9-19(26)23(31)32)25-21(29)18-10-11-20(28)27(18)24(33)34-14-16-7-4-3-5-8-16/h3-5,7-8,15,17-19H,6,9-14H2,1-2H3,(H,25,29)(H,31,32)/t17-,18-,19-/m0/s1. The summed E-state index contributed by atoms with van der Waals surface area (Å²) in [5, 5.41) is 12.1. The normalized spacial score (nSPS) is 21.0. The van der Waals surface area contributed by atoms with Crippen molar-refractivity contribution in [1.82, 2.24) is 15.1 Å². The third-order valence-electron chi connectivity index (χ3n) is 6.06. The molecular weight excluding hydrogens is 442 g/mol. The first-order chi connectivity index (χ1) is 16.2. The molecule has 2 aliphatic heterocycles. The zero-order valence-electron chi connectivity index (χ0n) is 19.4. The monoisotopic (exact) mass is 473 g/mol. The van der Waals surface area contributed by atoms with Crippen molar-refractivity contribution >= 4 is 29.8 Å². The van der Waals surface area contributed by atoms with Crippen LogP contribution < -0.4 is 5.32 Å². The quantitative estimate of drug-likeness (QED) is 0.589. The SMILES string of the molecule is CC(C)C[C@H](NC(=O)[C@@H]1CCC(=O)N1C(=O)OCc1ccccc1)C(=O)N1CCC[C@H]1C(=O)O. The second-order valence-electron chi connectivity index (χ2n) is 9.08. The number of carboxylic acids is 1. The molecule has 2 N–H and O–H groups in total. The summed E-state index contributed by atoms with van der Waals surface area (Å²) < 4.78 is 5.25. The number of carbonyl (C=O) groups excluding carboxylic acids is 4. The number of benzene rings is 1. The van der Waals surface area contributed by atoms with Crippen LogP contribution in [-0.4, -0.2) is 69.4 Å². The zero-order chi connectivity index (χ0) is 24.8. The number of nitrogens with one attached hydrogen (secondary N) is 1. The minimum absolute atomic E-state index is 0.00846. The topological polar surface area (TPSA) is 133 Å². The Morgan fingerprint density at radius 2 is 1.82 bits per heavy atom. The van der Waals surface area contributed by atoms with Gasteiger partial charge in [-0.15, -0.1) is 0 Å². The fourth-order valence-electron chi connectivity index (χ4n) is 4.40. The zero-order valence-corrected chi connectivity index (χ0v) is 19.4. The summed E-state index contributed by atoms with van der Waals surface area (Å²) in [5.74, 6) is -2.65. The van der Waals surface area contributed by atoms with E-state index >= 15 is 0 Å². The first-order valence-corrected chi connectivity index (χ1v) is 11.6. The van der Waals surface area contributed by atoms with Gasteiger partial charge in [0.25, 0.3) is 0 Å². The van der Waals surface area contributed by atoms with Gasteiger partial charge in [0.15, 0.2) is 0 Å². The van der Waals surface area contributed by atoms with Crippen molar-refractivity contribution in [3.05, 3.63) is 35.9 Å². The number of hydrogen-bond donors (Lipinski definition) is 2. The lowest BCUT2D eigenvalue weighted by molar-refractivity contribution is -0.149. The summed E-state index contributed by atoms with van der Waals surface area (Å²) >= 11 is 0. The van der Waals surface area contributed by atoms with Crippen LogP contribution in [0, 0.1) is 5.92 Å². The van der Waals surface area contributed by atoms with E-state index in [-0.39, 0.29) is 25.4 Å². The molecule has 0 unspecified atom stereocenters. The van der Waals surface area contributed by atoms with E-state index in [0.717, 1.165) is 10.5 Å². The van der Waals surface area contributed by atoms with Gasteiger partial charge in [0.2, 0.25) is 17.7 Å². The van der Waals surface area contributed by atoms with Crippen LogP contribution in [0.1, 0.15) is 51.5 Å². The highest BCUT2D eigenvalue weighted by atomic mass is 16.6. The summed E-state index contributed by atoms with van der Waals surface area (Å²) in [6.45, 7) is 4.03. The third kappa shape index (κ3) is 5.92. The van der Waals surface area contributed by atoms with Gasteiger partial charge >= 0.3 is 12.1 Å². The predicted molar refractivity (Wildman–Crippen MR) is 120 cm³/mol. The van der Waals surface area contributed by atoms with Crippen molar-refractivity contribution in [2.24, 2.45) is 5.92 Å². The average Bonchev–Trinajstić information content (AvgIpc) is 3.44. The Morgan fingerprint density at radius 1 is 1.12 bits per heavy atom. The van der Waals surface area contributed by atoms with Crippen LogP contribution in [0.25, 0.3) is 0 Å². The highest BCUT2D eigenvalue weighted by Gasteiger charge is 2.43. The lowest BCUT2D eigenvalue weighted by atomic mass is 10.0. The number of carbonyl (C=O) groups is 5. The molecule has 10 heteroatoms. The molecule has 4 amide bonds. The summed E-state index contributed by atoms with van der Waals surface area (Å²) in [6, 6.07) is 5.99. The van der Waals surface area contributed by atoms with Crippen LogP contribution in [0.15, 0.2) is 30.3 Å². The molecule has 2 heterocycles. The largest absolute Gasteiger partial charge is 0.480 e. The van der Waals surface area contributed by atoms with Crippen LogP contribution in [0.5, 0.6) is 0 Å². The fourth-order valence-corrected chi connectivity index (χ4v) is 4.40. The Labute approximate surface area is 198 Å². The number of imide groups is 1. The molecule has 3 rings (SSSR count). The molecule has 0 saturated carbocycles. The van der Waals surface area contributed by atoms with Crippen molar-refractivity contribution in [1.29, 1.82) is 0 Å². The summed E-state index contributed by atoms with van der Waals surface area (Å²) in [7, 11) is 0. The smallest absolute Gasteiger partial charge is 0.417 e. The Balaban J connectivity index is 1.69. The van der Waals surface area contributed by atoms with Crippen LogP contribution >= 0.6 is 0 Å². The molecular formula is C24H31N3O7. The second-order valence-corrected chi connectivity index (χ2v) is 9.08. The minimum Gasteiger partial charge on any atom is -0.480 e. The summed E-state index contributed by atoms with van der Waals surface area (Å²) in [6.07, 6.45) is 0.449. The molecule has 2 aliphatic rings. The van der Waals surface area contributed by atoms with Gasteiger partial charge in [0.1, 0.15) is 24.7 Å². The molecule has 10 nitrogen and oxygen atoms in total. The number of nitrogens with zero attached hydrogens (tertiary/aromatic N) is 2. The molecule has 0 spiro atoms. The van der Waals surface area contributed by atoms with Gasteiger partial charge in [-0.2, -0.15) is 0 Å². The summed E-state index contributed by atoms with van der Waals surface area (Å²) in [4.78, 5) is 64.9. The van der Waals surface area contributed by atoms with Gasteiger partial charge < -0.3 is 20.1 Å². The lowest BCUT2D eigenvalue weighted by Gasteiger charge is -2.30. The molecule has 0 radical (unpaired) electrons. The maximum Gasteiger partial charge on any atom is 0.417 e. The van der Waals surface area contributed by atoms with Crippen molar-refractivity contribution in [2.45, 2.75) is 70.7 Å². The first kappa shape index (κ1) is 25.2. The molecule has 0 aliphatic carbocycles. The fraction of sp³-hybridized carbons (Fsp3) is 0.542. The van der Waals surface area contributed by atoms with Gasteiger partial charge in [0, 0.05) is 13.0 Å². The molecule has 184 valence electrons. The van der Waals surface area contributed by atoms with Gasteiger partial charge in [-0.25, -0.2) is 14.5 Å². The number of likely N-dealkylation sites (tertiary alicyclic amines) is 2. The molecule has 0 aromatic heterocycles. The van der Waals surface area contributed by atoms with Crippen molar-refractivity contribution in [3.8, 4) is 0 Å². The van der Waals surface area contributed by atoms with Gasteiger partial charge in [-0.1, -0.05) is 44.2 Å². The highest BCUT2D eigenvalue weighted by molar-refractivity contribution is 6.01. The number of aliphatic carboxylic acids is 1. The third-order valence-corrected chi connectivity index (χ3v) is 6.06. The molecule has 2 fully saturated rings. The van der Waals surface area contributed by atoms with E-state index in [2.05, 4.69) is 5.32 Å². The number of amides is 4. The number of hydrogen-bond acceptors (Lipinski definition) is 6. The number of rotatable bonds is 8. The first-order valence-electron chi connectivity index (χ1n) is 11.6. The highest BCUT2D eigenvalue weighted by Crippen LogP contribution is 2.23. The molecule has 3 atom stereocenters. The molecule has 34 heavy (non-hydrogen) atoms. The van der Waals surface area contributed by atoms with E-state index in [0.29, 0.717) is 25.8 Å². The maximum atomic E-state index is 13.2. The number of ether oxygens (including phenoxy) is 1. The van der Waals surface area contributed by atoms with Crippen LogP contribution in [-0.2, 0) is 30.5 Å². The van der Waals surface area contributed by atoms with Crippen LogP contribution in [0.4, 0.5) is 4.79 Å². The Kier molecular flexibility index (Phi) is 8.25. The van der Waals surface area contributed by atoms with E-state index < -0.39 is 47.9 Å². The minimum atomic E-state index is -1.09. The molecule has 1 aromatic carbocycles. The van der Waals surface area contributed by atoms with Gasteiger partial charge in [0.05, 0.1) is 0 Å². The van der Waals surface area contributed by atoms with Gasteiger partial charge in [-0.05, 0) is 37.2 Å². The Morgan fingerprint density at radius 3 is 2.47 bits per heavy atom. The Bertz CT molecular complexity index is 934. The van der Waals surface area contributed by atoms with Crippen molar-refractivity contribution in [3.63, 3.8) is 0 Å². The van der Waals surface area contributed by atoms with E-state index in [4.69, 9.17) is 4.74 Å². The van der Waals surface area contributed by atoms with E-state index in [1.807, 2.05) is 19.9 Å². The second kappa shape index (κ2) is 11.1. The van der Waals surface area contributed by atoms with Crippen molar-refractivity contribution < 1.29 is 33.8 Å². The van der Waals surface area contributed by atoms with E-state index in [1.165, 1.54) is 4.90 Å².